The van der Waals surface area contributed by atoms with Crippen LogP contribution in [0.2, 0.25) is 0 Å². The molecule has 162 valence electrons. The maximum atomic E-state index is 13.4. The second-order valence-corrected chi connectivity index (χ2v) is 9.50. The van der Waals surface area contributed by atoms with Crippen LogP contribution in [0.4, 0.5) is 17.6 Å². The summed E-state index contributed by atoms with van der Waals surface area (Å²) in [6.07, 6.45) is 1.24. The summed E-state index contributed by atoms with van der Waals surface area (Å²) >= 11 is 0. The predicted octanol–water partition coefficient (Wildman–Crippen LogP) is 7.93. The minimum absolute atomic E-state index is 0.0294. The van der Waals surface area contributed by atoms with Gasteiger partial charge in [0.15, 0.2) is 17.5 Å². The van der Waals surface area contributed by atoms with Gasteiger partial charge in [0.05, 0.1) is 0 Å². The van der Waals surface area contributed by atoms with Crippen LogP contribution in [0.1, 0.15) is 70.7 Å². The maximum absolute atomic E-state index is 13.4. The molecule has 0 atom stereocenters. The largest absolute Gasteiger partial charge is 0.206 e. The van der Waals surface area contributed by atoms with E-state index in [4.69, 9.17) is 0 Å². The van der Waals surface area contributed by atoms with Gasteiger partial charge in [-0.05, 0) is 48.1 Å². The van der Waals surface area contributed by atoms with Gasteiger partial charge in [-0.25, -0.2) is 17.6 Å². The highest BCUT2D eigenvalue weighted by molar-refractivity contribution is 5.30. The zero-order valence-corrected chi connectivity index (χ0v) is 18.9. The fourth-order valence-corrected chi connectivity index (χ4v) is 3.01. The minimum Gasteiger partial charge on any atom is -0.206 e. The lowest BCUT2D eigenvalue weighted by Gasteiger charge is -2.19. The van der Waals surface area contributed by atoms with Crippen LogP contribution in [0.5, 0.6) is 0 Å². The third-order valence-electron chi connectivity index (χ3n) is 4.65. The normalized spacial score (nSPS) is 11.7. The Morgan fingerprint density at radius 3 is 1.59 bits per heavy atom. The highest BCUT2D eigenvalue weighted by atomic mass is 19.2. The van der Waals surface area contributed by atoms with Crippen molar-refractivity contribution in [3.63, 3.8) is 0 Å². The van der Waals surface area contributed by atoms with Crippen LogP contribution in [0, 0.1) is 42.0 Å². The summed E-state index contributed by atoms with van der Waals surface area (Å²) in [6.45, 7) is 15.9. The van der Waals surface area contributed by atoms with Gasteiger partial charge < -0.3 is 0 Å². The fourth-order valence-electron chi connectivity index (χ4n) is 3.01. The van der Waals surface area contributed by atoms with Gasteiger partial charge in [-0.1, -0.05) is 72.7 Å². The van der Waals surface area contributed by atoms with Crippen molar-refractivity contribution in [3.05, 3.63) is 69.8 Å². The number of rotatable bonds is 4. The van der Waals surface area contributed by atoms with Crippen molar-refractivity contribution in [1.29, 1.82) is 0 Å². The van der Waals surface area contributed by atoms with Gasteiger partial charge in [0, 0.05) is 11.1 Å². The van der Waals surface area contributed by atoms with Crippen LogP contribution in [-0.4, -0.2) is 0 Å². The van der Waals surface area contributed by atoms with Crippen molar-refractivity contribution < 1.29 is 17.6 Å². The van der Waals surface area contributed by atoms with Crippen LogP contribution >= 0.6 is 0 Å². The Balaban J connectivity index is 0.000000291. The third-order valence-corrected chi connectivity index (χ3v) is 4.65. The lowest BCUT2D eigenvalue weighted by molar-refractivity contribution is 0.413. The van der Waals surface area contributed by atoms with Crippen molar-refractivity contribution in [2.75, 3.05) is 0 Å². The zero-order valence-electron chi connectivity index (χ0n) is 18.9. The molecule has 0 saturated carbocycles. The number of benzene rings is 2. The molecule has 0 aliphatic heterocycles. The molecule has 0 heterocycles. The molecule has 0 aliphatic carbocycles. The Morgan fingerprint density at radius 1 is 0.690 bits per heavy atom. The molecule has 0 bridgehead atoms. The van der Waals surface area contributed by atoms with E-state index in [-0.39, 0.29) is 23.3 Å². The third kappa shape index (κ3) is 7.17. The first-order valence-electron chi connectivity index (χ1n) is 10.2. The lowest BCUT2D eigenvalue weighted by Crippen LogP contribution is -2.10. The Morgan fingerprint density at radius 2 is 1.17 bits per heavy atom. The molecule has 2 aromatic carbocycles. The molecule has 0 aromatic heterocycles. The molecule has 0 aliphatic rings. The molecule has 29 heavy (non-hydrogen) atoms. The highest BCUT2D eigenvalue weighted by Crippen LogP contribution is 2.25. The van der Waals surface area contributed by atoms with Gasteiger partial charge in [0.25, 0.3) is 0 Å². The van der Waals surface area contributed by atoms with Gasteiger partial charge in [0.1, 0.15) is 5.82 Å². The topological polar surface area (TPSA) is 0 Å². The number of halogens is 4. The van der Waals surface area contributed by atoms with Gasteiger partial charge in [-0.15, -0.1) is 0 Å². The van der Waals surface area contributed by atoms with E-state index in [0.717, 1.165) is 12.8 Å². The molecule has 0 N–H and O–H groups in total. The minimum atomic E-state index is -1.59. The molecule has 2 aromatic rings. The molecule has 0 saturated heterocycles. The average molecular weight is 411 g/mol. The predicted molar refractivity (Wildman–Crippen MR) is 113 cm³/mol. The number of hydrogen-bond acceptors (Lipinski definition) is 0. The summed E-state index contributed by atoms with van der Waals surface area (Å²) in [6, 6.07) is 9.05. The van der Waals surface area contributed by atoms with Crippen molar-refractivity contribution in [1.82, 2.24) is 0 Å². The Bertz CT molecular complexity index is 768. The van der Waals surface area contributed by atoms with Crippen LogP contribution in [-0.2, 0) is 18.3 Å². The average Bonchev–Trinajstić information content (AvgIpc) is 2.61. The SMILES string of the molecule is CC(C)Cc1ccc(C(C)(C)C)cc1.Cc1c(F)c(F)c(F)c(CC(C)C)c1F. The van der Waals surface area contributed by atoms with Crippen molar-refractivity contribution in [2.45, 2.75) is 73.6 Å². The van der Waals surface area contributed by atoms with Crippen LogP contribution in [0.25, 0.3) is 0 Å². The van der Waals surface area contributed by atoms with Crippen LogP contribution < -0.4 is 0 Å². The maximum Gasteiger partial charge on any atom is 0.195 e. The molecule has 0 amide bonds. The van der Waals surface area contributed by atoms with Gasteiger partial charge >= 0.3 is 0 Å². The molecule has 0 unspecified atom stereocenters. The van der Waals surface area contributed by atoms with E-state index in [1.165, 1.54) is 17.5 Å². The molecule has 0 nitrogen and oxygen atoms in total. The summed E-state index contributed by atoms with van der Waals surface area (Å²) < 4.78 is 52.5. The van der Waals surface area contributed by atoms with Crippen LogP contribution in [0.3, 0.4) is 0 Å². The molecule has 4 heteroatoms. The quantitative estimate of drug-likeness (QED) is 0.273. The molecule has 0 fully saturated rings. The second kappa shape index (κ2) is 10.3. The Kier molecular flexibility index (Phi) is 8.92. The Hall–Kier alpha value is -1.84. The summed E-state index contributed by atoms with van der Waals surface area (Å²) in [5.74, 6) is -4.72. The first-order valence-corrected chi connectivity index (χ1v) is 10.2. The van der Waals surface area contributed by atoms with Gasteiger partial charge in [-0.3, -0.25) is 0 Å². The molecule has 0 spiro atoms. The van der Waals surface area contributed by atoms with Crippen molar-refractivity contribution in [2.24, 2.45) is 11.8 Å². The lowest BCUT2D eigenvalue weighted by atomic mass is 9.86. The van der Waals surface area contributed by atoms with Crippen molar-refractivity contribution in [3.8, 4) is 0 Å². The van der Waals surface area contributed by atoms with E-state index >= 15 is 0 Å². The standard InChI is InChI=1S/C14H22.C11H12F4/c1-11(2)10-12-6-8-13(9-7-12)14(3,4)5;1-5(2)4-7-8(12)6(3)9(13)11(15)10(7)14/h6-9,11H,10H2,1-5H3;5H,4H2,1-3H3. The smallest absolute Gasteiger partial charge is 0.195 e. The van der Waals surface area contributed by atoms with E-state index < -0.39 is 28.8 Å². The van der Waals surface area contributed by atoms with Crippen LogP contribution in [0.15, 0.2) is 24.3 Å². The first-order chi connectivity index (χ1) is 13.3. The van der Waals surface area contributed by atoms with Crippen molar-refractivity contribution >= 4 is 0 Å². The fraction of sp³-hybridized carbons (Fsp3) is 0.520. The summed E-state index contributed by atoms with van der Waals surface area (Å²) in [5, 5.41) is 0. The van der Waals surface area contributed by atoms with E-state index in [2.05, 4.69) is 58.9 Å². The van der Waals surface area contributed by atoms with E-state index in [1.807, 2.05) is 0 Å². The zero-order chi connectivity index (χ0) is 22.5. The molecular weight excluding hydrogens is 376 g/mol. The molecule has 2 rings (SSSR count). The summed E-state index contributed by atoms with van der Waals surface area (Å²) in [7, 11) is 0. The molecular formula is C25H34F4. The van der Waals surface area contributed by atoms with Gasteiger partial charge in [-0.2, -0.15) is 0 Å². The first kappa shape index (κ1) is 25.2. The summed E-state index contributed by atoms with van der Waals surface area (Å²) in [4.78, 5) is 0. The monoisotopic (exact) mass is 410 g/mol. The van der Waals surface area contributed by atoms with Gasteiger partial charge in [0.2, 0.25) is 0 Å². The molecule has 0 radical (unpaired) electrons. The van der Waals surface area contributed by atoms with E-state index in [9.17, 15) is 17.6 Å². The van der Waals surface area contributed by atoms with E-state index in [0.29, 0.717) is 0 Å². The summed E-state index contributed by atoms with van der Waals surface area (Å²) in [5.41, 5.74) is 2.31. The second-order valence-electron chi connectivity index (χ2n) is 9.50. The Labute approximate surface area is 173 Å². The van der Waals surface area contributed by atoms with E-state index in [1.54, 1.807) is 13.8 Å². The highest BCUT2D eigenvalue weighted by Gasteiger charge is 2.23. The number of hydrogen-bond donors (Lipinski definition) is 0.